The maximum absolute atomic E-state index is 12.6. The number of nitrogens with one attached hydrogen (secondary N) is 3. The first-order chi connectivity index (χ1) is 13.1. The molecule has 1 saturated carbocycles. The Bertz CT molecular complexity index is 801. The molecule has 4 atom stereocenters. The first kappa shape index (κ1) is 20.5. The highest BCUT2D eigenvalue weighted by atomic mass is 32.3. The Labute approximate surface area is 162 Å². The lowest BCUT2D eigenvalue weighted by Crippen LogP contribution is -2.53. The summed E-state index contributed by atoms with van der Waals surface area (Å²) < 4.78 is 35.0. The second-order valence-corrected chi connectivity index (χ2v) is 8.26. The summed E-state index contributed by atoms with van der Waals surface area (Å²) in [6.45, 7) is 1.50. The van der Waals surface area contributed by atoms with Crippen molar-refractivity contribution in [1.82, 2.24) is 20.6 Å². The molecule has 156 valence electrons. The maximum atomic E-state index is 12.6. The average molecular weight is 417 g/mol. The molecule has 4 unspecified atom stereocenters. The van der Waals surface area contributed by atoms with Crippen molar-refractivity contribution in [3.8, 4) is 0 Å². The van der Waals surface area contributed by atoms with E-state index in [0.717, 1.165) is 6.42 Å². The molecule has 13 heteroatoms. The number of piperidine rings is 1. The standard InChI is InChI=1S/C15H23N5O7S/c1-8(21)17-11-4-2-3-10(11)14(22)18-13(16)12-6-5-9-7-19(12)15(23)20(9)27-28(24,25)26/h9-12H,2-7H2,1H3,(H,17,21)(H2,16,18,22)(H,24,25,26). The fraction of sp³-hybridized carbons (Fsp3) is 0.733. The summed E-state index contributed by atoms with van der Waals surface area (Å²) in [4.78, 5) is 37.5. The van der Waals surface area contributed by atoms with E-state index in [0.29, 0.717) is 30.7 Å². The van der Waals surface area contributed by atoms with Crippen LogP contribution < -0.4 is 10.6 Å². The Morgan fingerprint density at radius 3 is 2.61 bits per heavy atom. The van der Waals surface area contributed by atoms with Crippen molar-refractivity contribution in [2.75, 3.05) is 6.54 Å². The first-order valence-electron chi connectivity index (χ1n) is 9.00. The van der Waals surface area contributed by atoms with Crippen LogP contribution in [0, 0.1) is 11.3 Å². The Hall–Kier alpha value is -2.25. The fourth-order valence-corrected chi connectivity index (χ4v) is 4.54. The molecule has 0 aromatic heterocycles. The van der Waals surface area contributed by atoms with Crippen LogP contribution in [0.25, 0.3) is 0 Å². The lowest BCUT2D eigenvalue weighted by atomic mass is 9.98. The Morgan fingerprint density at radius 2 is 1.96 bits per heavy atom. The summed E-state index contributed by atoms with van der Waals surface area (Å²) in [6, 6.07) is -2.37. The van der Waals surface area contributed by atoms with Gasteiger partial charge in [0.1, 0.15) is 5.84 Å². The van der Waals surface area contributed by atoms with E-state index in [-0.39, 0.29) is 30.2 Å². The van der Waals surface area contributed by atoms with Crippen LogP contribution in [0.5, 0.6) is 0 Å². The zero-order valence-corrected chi connectivity index (χ0v) is 16.1. The normalized spacial score (nSPS) is 29.7. The number of carbonyl (C=O) groups is 3. The fourth-order valence-electron chi connectivity index (χ4n) is 4.15. The number of amidine groups is 1. The van der Waals surface area contributed by atoms with Gasteiger partial charge in [0.05, 0.1) is 18.0 Å². The number of rotatable bonds is 5. The molecule has 0 spiro atoms. The van der Waals surface area contributed by atoms with E-state index in [1.807, 2.05) is 0 Å². The molecule has 4 amide bonds. The van der Waals surface area contributed by atoms with Crippen molar-refractivity contribution in [3.63, 3.8) is 0 Å². The van der Waals surface area contributed by atoms with Gasteiger partial charge in [-0.2, -0.15) is 13.5 Å². The van der Waals surface area contributed by atoms with Gasteiger partial charge in [0.15, 0.2) is 0 Å². The maximum Gasteiger partial charge on any atom is 0.418 e. The largest absolute Gasteiger partial charge is 0.418 e. The second kappa shape index (κ2) is 7.64. The topological polar surface area (TPSA) is 169 Å². The predicted octanol–water partition coefficient (Wildman–Crippen LogP) is -0.612. The van der Waals surface area contributed by atoms with Crippen LogP contribution >= 0.6 is 0 Å². The third kappa shape index (κ3) is 4.25. The molecule has 0 aromatic carbocycles. The van der Waals surface area contributed by atoms with E-state index in [4.69, 9.17) is 9.96 Å². The van der Waals surface area contributed by atoms with Crippen LogP contribution in [0.4, 0.5) is 4.79 Å². The van der Waals surface area contributed by atoms with Crippen LogP contribution in [0.3, 0.4) is 0 Å². The minimum Gasteiger partial charge on any atom is -0.353 e. The summed E-state index contributed by atoms with van der Waals surface area (Å²) >= 11 is 0. The van der Waals surface area contributed by atoms with Gasteiger partial charge in [0.2, 0.25) is 11.8 Å². The number of urea groups is 1. The van der Waals surface area contributed by atoms with E-state index >= 15 is 0 Å². The molecule has 4 N–H and O–H groups in total. The third-order valence-corrected chi connectivity index (χ3v) is 5.68. The number of nitrogens with zero attached hydrogens (tertiary/aromatic N) is 2. The zero-order valence-electron chi connectivity index (χ0n) is 15.3. The number of hydrogen-bond acceptors (Lipinski definition) is 7. The van der Waals surface area contributed by atoms with E-state index in [1.165, 1.54) is 11.8 Å². The lowest BCUT2D eigenvalue weighted by Gasteiger charge is -2.31. The third-order valence-electron chi connectivity index (χ3n) is 5.33. The van der Waals surface area contributed by atoms with Crippen molar-refractivity contribution in [3.05, 3.63) is 0 Å². The van der Waals surface area contributed by atoms with Crippen molar-refractivity contribution in [2.24, 2.45) is 5.92 Å². The van der Waals surface area contributed by atoms with E-state index in [1.54, 1.807) is 0 Å². The lowest BCUT2D eigenvalue weighted by molar-refractivity contribution is -0.125. The molecule has 3 aliphatic rings. The van der Waals surface area contributed by atoms with E-state index in [9.17, 15) is 22.8 Å². The summed E-state index contributed by atoms with van der Waals surface area (Å²) in [5.74, 6) is -1.23. The van der Waals surface area contributed by atoms with Gasteiger partial charge >= 0.3 is 16.4 Å². The van der Waals surface area contributed by atoms with E-state index in [2.05, 4.69) is 14.9 Å². The monoisotopic (exact) mass is 417 g/mol. The number of amides is 4. The van der Waals surface area contributed by atoms with Crippen molar-refractivity contribution in [1.29, 1.82) is 5.41 Å². The van der Waals surface area contributed by atoms with E-state index < -0.39 is 34.4 Å². The number of hydroxylamine groups is 2. The molecule has 0 radical (unpaired) electrons. The summed E-state index contributed by atoms with van der Waals surface area (Å²) in [7, 11) is -4.84. The second-order valence-electron chi connectivity index (χ2n) is 7.26. The van der Waals surface area contributed by atoms with Gasteiger partial charge < -0.3 is 15.5 Å². The van der Waals surface area contributed by atoms with Gasteiger partial charge in [-0.15, -0.1) is 4.28 Å². The minimum absolute atomic E-state index is 0.120. The van der Waals surface area contributed by atoms with Crippen LogP contribution in [-0.4, -0.2) is 71.3 Å². The molecule has 0 aromatic rings. The average Bonchev–Trinajstić information content (AvgIpc) is 3.12. The van der Waals surface area contributed by atoms with Gasteiger partial charge in [-0.05, 0) is 25.7 Å². The smallest absolute Gasteiger partial charge is 0.353 e. The molecule has 12 nitrogen and oxygen atoms in total. The Balaban J connectivity index is 1.63. The van der Waals surface area contributed by atoms with Crippen LogP contribution in [0.15, 0.2) is 0 Å². The predicted molar refractivity (Wildman–Crippen MR) is 94.2 cm³/mol. The summed E-state index contributed by atoms with van der Waals surface area (Å²) in [6.07, 6.45) is 2.74. The molecular formula is C15H23N5O7S. The number of carbonyl (C=O) groups excluding carboxylic acids is 3. The Kier molecular flexibility index (Phi) is 5.59. The molecule has 2 aliphatic heterocycles. The molecule has 2 bridgehead atoms. The van der Waals surface area contributed by atoms with Gasteiger partial charge in [-0.25, -0.2) is 4.79 Å². The highest BCUT2D eigenvalue weighted by molar-refractivity contribution is 7.80. The number of fused-ring (bicyclic) bond motifs is 2. The van der Waals surface area contributed by atoms with Gasteiger partial charge in [-0.1, -0.05) is 6.42 Å². The minimum atomic E-state index is -4.84. The Morgan fingerprint density at radius 1 is 1.25 bits per heavy atom. The quantitative estimate of drug-likeness (QED) is 0.263. The molecule has 3 fully saturated rings. The van der Waals surface area contributed by atoms with Crippen LogP contribution in [-0.2, 0) is 24.3 Å². The first-order valence-corrected chi connectivity index (χ1v) is 10.4. The van der Waals surface area contributed by atoms with Gasteiger partial charge in [-0.3, -0.25) is 19.6 Å². The van der Waals surface area contributed by atoms with Crippen molar-refractivity contribution in [2.45, 2.75) is 57.2 Å². The molecule has 2 heterocycles. The molecular weight excluding hydrogens is 394 g/mol. The molecule has 2 saturated heterocycles. The highest BCUT2D eigenvalue weighted by Crippen LogP contribution is 2.31. The van der Waals surface area contributed by atoms with Crippen molar-refractivity contribution < 1.29 is 31.6 Å². The molecule has 1 aliphatic carbocycles. The van der Waals surface area contributed by atoms with Crippen LogP contribution in [0.2, 0.25) is 0 Å². The van der Waals surface area contributed by atoms with Gasteiger partial charge in [0.25, 0.3) is 0 Å². The number of hydrogen-bond donors (Lipinski definition) is 4. The SMILES string of the molecule is CC(=O)NC1CCCC1C(=O)NC(=N)C1CCC2CN1C(=O)N2OS(=O)(=O)O. The summed E-state index contributed by atoms with van der Waals surface area (Å²) in [5.41, 5.74) is 0. The zero-order chi connectivity index (χ0) is 20.6. The van der Waals surface area contributed by atoms with Crippen molar-refractivity contribution >= 4 is 34.1 Å². The molecule has 28 heavy (non-hydrogen) atoms. The molecule has 3 rings (SSSR count). The van der Waals surface area contributed by atoms with Gasteiger partial charge in [0, 0.05) is 19.5 Å². The highest BCUT2D eigenvalue weighted by Gasteiger charge is 2.49. The van der Waals surface area contributed by atoms with Crippen LogP contribution in [0.1, 0.15) is 39.0 Å². The summed E-state index contributed by atoms with van der Waals surface area (Å²) in [5, 5.41) is 14.1.